The van der Waals surface area contributed by atoms with Gasteiger partial charge in [0.2, 0.25) is 0 Å². The van der Waals surface area contributed by atoms with E-state index in [0.717, 1.165) is 51.3 Å². The number of hydrogen-bond acceptors (Lipinski definition) is 5. The molecule has 1 aromatic heterocycles. The topological polar surface area (TPSA) is 43.4 Å². The fourth-order valence-corrected chi connectivity index (χ4v) is 3.78. The van der Waals surface area contributed by atoms with Gasteiger partial charge in [-0.2, -0.15) is 0 Å². The standard InChI is InChI=1S/C15H26N2O2S/c1-4-16-13(10-14-17-12(3)11-20-14)15(19-5-2)6-8-18-9-7-15/h11,13,16H,4-10H2,1-3H3. The molecule has 1 unspecified atom stereocenters. The van der Waals surface area contributed by atoms with Crippen LogP contribution in [-0.2, 0) is 15.9 Å². The molecule has 1 saturated heterocycles. The highest BCUT2D eigenvalue weighted by Crippen LogP contribution is 2.31. The van der Waals surface area contributed by atoms with E-state index in [-0.39, 0.29) is 5.60 Å². The van der Waals surface area contributed by atoms with Crippen LogP contribution in [0.1, 0.15) is 37.4 Å². The second-order valence-electron chi connectivity index (χ2n) is 5.31. The summed E-state index contributed by atoms with van der Waals surface area (Å²) < 4.78 is 11.7. The van der Waals surface area contributed by atoms with Crippen molar-refractivity contribution in [3.8, 4) is 0 Å². The van der Waals surface area contributed by atoms with Crippen LogP contribution in [0.5, 0.6) is 0 Å². The third-order valence-corrected chi connectivity index (χ3v) is 4.89. The summed E-state index contributed by atoms with van der Waals surface area (Å²) in [5, 5.41) is 6.94. The van der Waals surface area contributed by atoms with Crippen LogP contribution in [0.25, 0.3) is 0 Å². The van der Waals surface area contributed by atoms with Gasteiger partial charge in [0.1, 0.15) is 0 Å². The van der Waals surface area contributed by atoms with Crippen molar-refractivity contribution < 1.29 is 9.47 Å². The fourth-order valence-electron chi connectivity index (χ4n) is 2.96. The molecule has 0 saturated carbocycles. The molecular formula is C15H26N2O2S. The van der Waals surface area contributed by atoms with Gasteiger partial charge in [-0.1, -0.05) is 6.92 Å². The van der Waals surface area contributed by atoms with Gasteiger partial charge in [0.25, 0.3) is 0 Å². The molecule has 0 radical (unpaired) electrons. The Kier molecular flexibility index (Phi) is 5.96. The predicted octanol–water partition coefficient (Wildman–Crippen LogP) is 2.56. The van der Waals surface area contributed by atoms with E-state index in [1.165, 1.54) is 5.01 Å². The third kappa shape index (κ3) is 3.79. The van der Waals surface area contributed by atoms with Crippen molar-refractivity contribution in [1.29, 1.82) is 0 Å². The summed E-state index contributed by atoms with van der Waals surface area (Å²) in [6.07, 6.45) is 2.86. The first-order valence-corrected chi connectivity index (χ1v) is 8.44. The molecule has 1 aliphatic heterocycles. The van der Waals surface area contributed by atoms with Crippen LogP contribution in [0, 0.1) is 6.92 Å². The second-order valence-corrected chi connectivity index (χ2v) is 6.25. The highest BCUT2D eigenvalue weighted by Gasteiger charge is 2.41. The Bertz CT molecular complexity index is 397. The van der Waals surface area contributed by atoms with Gasteiger partial charge in [-0.3, -0.25) is 0 Å². The molecule has 4 nitrogen and oxygen atoms in total. The van der Waals surface area contributed by atoms with Crippen LogP contribution in [0.15, 0.2) is 5.38 Å². The van der Waals surface area contributed by atoms with E-state index in [2.05, 4.69) is 36.5 Å². The largest absolute Gasteiger partial charge is 0.381 e. The van der Waals surface area contributed by atoms with Gasteiger partial charge in [0.15, 0.2) is 0 Å². The number of thiazole rings is 1. The van der Waals surface area contributed by atoms with E-state index < -0.39 is 0 Å². The average Bonchev–Trinajstić information content (AvgIpc) is 2.85. The molecule has 1 N–H and O–H groups in total. The van der Waals surface area contributed by atoms with Crippen molar-refractivity contribution >= 4 is 11.3 Å². The molecular weight excluding hydrogens is 272 g/mol. The van der Waals surface area contributed by atoms with Gasteiger partial charge in [-0.25, -0.2) is 4.98 Å². The summed E-state index contributed by atoms with van der Waals surface area (Å²) in [6, 6.07) is 0.307. The zero-order valence-corrected chi connectivity index (χ0v) is 13.6. The minimum absolute atomic E-state index is 0.109. The fraction of sp³-hybridized carbons (Fsp3) is 0.800. The first-order chi connectivity index (χ1) is 9.70. The normalized spacial score (nSPS) is 19.9. The lowest BCUT2D eigenvalue weighted by Crippen LogP contribution is -2.56. The Balaban J connectivity index is 2.14. The Hall–Kier alpha value is -0.490. The molecule has 1 atom stereocenters. The molecule has 0 spiro atoms. The predicted molar refractivity (Wildman–Crippen MR) is 82.4 cm³/mol. The lowest BCUT2D eigenvalue weighted by molar-refractivity contribution is -0.126. The summed E-state index contributed by atoms with van der Waals surface area (Å²) in [6.45, 7) is 9.56. The number of aromatic nitrogens is 1. The molecule has 0 aromatic carbocycles. The van der Waals surface area contributed by atoms with E-state index in [1.807, 2.05) is 0 Å². The Morgan fingerprint density at radius 1 is 1.45 bits per heavy atom. The van der Waals surface area contributed by atoms with Gasteiger partial charge in [0.05, 0.1) is 10.6 Å². The van der Waals surface area contributed by atoms with Gasteiger partial charge < -0.3 is 14.8 Å². The molecule has 1 aliphatic rings. The molecule has 0 bridgehead atoms. The number of nitrogens with zero attached hydrogens (tertiary/aromatic N) is 1. The zero-order valence-electron chi connectivity index (χ0n) is 12.8. The Labute approximate surface area is 125 Å². The molecule has 20 heavy (non-hydrogen) atoms. The van der Waals surface area contributed by atoms with E-state index in [9.17, 15) is 0 Å². The van der Waals surface area contributed by atoms with Crippen molar-refractivity contribution in [2.75, 3.05) is 26.4 Å². The molecule has 0 aliphatic carbocycles. The third-order valence-electron chi connectivity index (χ3n) is 3.90. The van der Waals surface area contributed by atoms with Gasteiger partial charge >= 0.3 is 0 Å². The highest BCUT2D eigenvalue weighted by molar-refractivity contribution is 7.09. The lowest BCUT2D eigenvalue weighted by Gasteiger charge is -2.43. The molecule has 1 aromatic rings. The first kappa shape index (κ1) is 15.9. The maximum atomic E-state index is 6.20. The number of likely N-dealkylation sites (N-methyl/N-ethyl adjacent to an activating group) is 1. The summed E-state index contributed by atoms with van der Waals surface area (Å²) in [4.78, 5) is 4.61. The smallest absolute Gasteiger partial charge is 0.0944 e. The Morgan fingerprint density at radius 2 is 2.20 bits per heavy atom. The van der Waals surface area contributed by atoms with Crippen LogP contribution < -0.4 is 5.32 Å². The van der Waals surface area contributed by atoms with Crippen molar-refractivity contribution in [3.05, 3.63) is 16.1 Å². The number of ether oxygens (including phenoxy) is 2. The van der Waals surface area contributed by atoms with Crippen molar-refractivity contribution in [3.63, 3.8) is 0 Å². The molecule has 2 rings (SSSR count). The van der Waals surface area contributed by atoms with Crippen molar-refractivity contribution in [1.82, 2.24) is 10.3 Å². The van der Waals surface area contributed by atoms with Gasteiger partial charge in [0, 0.05) is 56.2 Å². The maximum Gasteiger partial charge on any atom is 0.0944 e. The van der Waals surface area contributed by atoms with Crippen LogP contribution in [-0.4, -0.2) is 43.0 Å². The first-order valence-electron chi connectivity index (χ1n) is 7.56. The van der Waals surface area contributed by atoms with Crippen LogP contribution in [0.4, 0.5) is 0 Å². The average molecular weight is 298 g/mol. The summed E-state index contributed by atoms with van der Waals surface area (Å²) >= 11 is 1.75. The summed E-state index contributed by atoms with van der Waals surface area (Å²) in [5.41, 5.74) is 1.00. The summed E-state index contributed by atoms with van der Waals surface area (Å²) in [5.74, 6) is 0. The van der Waals surface area contributed by atoms with E-state index in [4.69, 9.17) is 9.47 Å². The minimum Gasteiger partial charge on any atom is -0.381 e. The quantitative estimate of drug-likeness (QED) is 0.840. The maximum absolute atomic E-state index is 6.20. The molecule has 1 fully saturated rings. The van der Waals surface area contributed by atoms with Crippen LogP contribution in [0.2, 0.25) is 0 Å². The van der Waals surface area contributed by atoms with Crippen molar-refractivity contribution in [2.24, 2.45) is 0 Å². The number of aryl methyl sites for hydroxylation is 1. The van der Waals surface area contributed by atoms with Crippen molar-refractivity contribution in [2.45, 2.75) is 51.7 Å². The van der Waals surface area contributed by atoms with E-state index in [0.29, 0.717) is 6.04 Å². The van der Waals surface area contributed by atoms with Crippen LogP contribution in [0.3, 0.4) is 0 Å². The SMILES string of the molecule is CCNC(Cc1nc(C)cs1)C1(OCC)CCOCC1. The second kappa shape index (κ2) is 7.50. The van der Waals surface area contributed by atoms with E-state index >= 15 is 0 Å². The monoisotopic (exact) mass is 298 g/mol. The van der Waals surface area contributed by atoms with Crippen LogP contribution >= 0.6 is 11.3 Å². The molecule has 5 heteroatoms. The molecule has 114 valence electrons. The number of hydrogen-bond donors (Lipinski definition) is 1. The van der Waals surface area contributed by atoms with Gasteiger partial charge in [-0.05, 0) is 20.4 Å². The highest BCUT2D eigenvalue weighted by atomic mass is 32.1. The lowest BCUT2D eigenvalue weighted by atomic mass is 9.84. The summed E-state index contributed by atoms with van der Waals surface area (Å²) in [7, 11) is 0. The van der Waals surface area contributed by atoms with E-state index in [1.54, 1.807) is 11.3 Å². The zero-order chi connectivity index (χ0) is 14.4. The van der Waals surface area contributed by atoms with Gasteiger partial charge in [-0.15, -0.1) is 11.3 Å². The minimum atomic E-state index is -0.109. The number of rotatable bonds is 7. The number of nitrogens with one attached hydrogen (secondary N) is 1. The molecule has 0 amide bonds. The Morgan fingerprint density at radius 3 is 2.75 bits per heavy atom. The molecule has 2 heterocycles.